The van der Waals surface area contributed by atoms with Crippen molar-refractivity contribution in [2.45, 2.75) is 33.2 Å². The lowest BCUT2D eigenvalue weighted by molar-refractivity contribution is -0.139. The monoisotopic (exact) mass is 418 g/mol. The van der Waals surface area contributed by atoms with E-state index in [1.54, 1.807) is 25.1 Å². The smallest absolute Gasteiger partial charge is 0.348 e. The molecule has 1 atom stereocenters. The molecule has 2 aromatic rings. The highest BCUT2D eigenvalue weighted by atomic mass is 32.1. The summed E-state index contributed by atoms with van der Waals surface area (Å²) in [4.78, 5) is 38.7. The number of ether oxygens (including phenoxy) is 2. The number of hydrogen-bond donors (Lipinski definition) is 2. The van der Waals surface area contributed by atoms with E-state index in [-0.39, 0.29) is 24.5 Å². The van der Waals surface area contributed by atoms with E-state index < -0.39 is 24.0 Å². The molecule has 0 bridgehead atoms. The maximum atomic E-state index is 12.6. The van der Waals surface area contributed by atoms with Crippen LogP contribution < -0.4 is 10.6 Å². The Hall–Kier alpha value is -3.07. The molecule has 2 aromatic heterocycles. The Morgan fingerprint density at radius 2 is 2.03 bits per heavy atom. The number of nitrogens with one attached hydrogen (secondary N) is 2. The van der Waals surface area contributed by atoms with Crippen molar-refractivity contribution in [3.05, 3.63) is 56.8 Å². The van der Waals surface area contributed by atoms with Gasteiger partial charge in [-0.25, -0.2) is 14.4 Å². The number of furan rings is 1. The van der Waals surface area contributed by atoms with Gasteiger partial charge in [-0.15, -0.1) is 11.3 Å². The van der Waals surface area contributed by atoms with E-state index in [0.717, 1.165) is 16.9 Å². The van der Waals surface area contributed by atoms with Crippen LogP contribution in [0.1, 0.15) is 45.8 Å². The first-order valence-electron chi connectivity index (χ1n) is 9.22. The Kier molecular flexibility index (Phi) is 6.38. The van der Waals surface area contributed by atoms with Crippen LogP contribution in [0.5, 0.6) is 0 Å². The summed E-state index contributed by atoms with van der Waals surface area (Å²) in [6.07, 6.45) is 2.26. The van der Waals surface area contributed by atoms with Gasteiger partial charge in [-0.2, -0.15) is 0 Å². The van der Waals surface area contributed by atoms with Crippen molar-refractivity contribution < 1.29 is 28.3 Å². The number of urea groups is 1. The molecular formula is C20H22N2O6S. The number of hydrogen-bond acceptors (Lipinski definition) is 7. The maximum Gasteiger partial charge on any atom is 0.348 e. The van der Waals surface area contributed by atoms with Crippen LogP contribution in [0.3, 0.4) is 0 Å². The summed E-state index contributed by atoms with van der Waals surface area (Å²) in [6.45, 7) is 5.51. The topological polar surface area (TPSA) is 107 Å². The molecule has 0 unspecified atom stereocenters. The first kappa shape index (κ1) is 20.7. The Bertz CT molecular complexity index is 944. The van der Waals surface area contributed by atoms with Crippen LogP contribution in [0.2, 0.25) is 0 Å². The molecule has 0 aromatic carbocycles. The van der Waals surface area contributed by atoms with Crippen LogP contribution in [0, 0.1) is 6.92 Å². The standard InChI is InChI=1S/C20H22N2O6S/c1-4-12-9-15(29-11(12)3)18(23)28-10-13-16(19(24)26-5-2)17(22-20(25)21-13)14-7-6-8-27-14/h6-9,17H,4-5,10H2,1-3H3,(H2,21,22,25)/t17-/m0/s1. The summed E-state index contributed by atoms with van der Waals surface area (Å²) >= 11 is 1.35. The Labute approximate surface area is 171 Å². The van der Waals surface area contributed by atoms with Gasteiger partial charge in [0.15, 0.2) is 0 Å². The zero-order valence-electron chi connectivity index (χ0n) is 16.4. The molecule has 1 aliphatic heterocycles. The highest BCUT2D eigenvalue weighted by molar-refractivity contribution is 7.14. The molecule has 29 heavy (non-hydrogen) atoms. The van der Waals surface area contributed by atoms with Gasteiger partial charge in [0.2, 0.25) is 0 Å². The van der Waals surface area contributed by atoms with Crippen molar-refractivity contribution in [2.75, 3.05) is 13.2 Å². The summed E-state index contributed by atoms with van der Waals surface area (Å²) in [5.74, 6) is -0.781. The van der Waals surface area contributed by atoms with Gasteiger partial charge in [-0.3, -0.25) is 0 Å². The zero-order chi connectivity index (χ0) is 21.0. The lowest BCUT2D eigenvalue weighted by atomic mass is 10.0. The van der Waals surface area contributed by atoms with E-state index in [1.807, 2.05) is 13.8 Å². The largest absolute Gasteiger partial charge is 0.467 e. The second-order valence-corrected chi connectivity index (χ2v) is 7.54. The second-order valence-electron chi connectivity index (χ2n) is 6.28. The van der Waals surface area contributed by atoms with Crippen molar-refractivity contribution >= 4 is 29.3 Å². The number of carbonyl (C=O) groups is 3. The third-order valence-electron chi connectivity index (χ3n) is 4.43. The predicted octanol–water partition coefficient (Wildman–Crippen LogP) is 3.24. The van der Waals surface area contributed by atoms with Gasteiger partial charge in [0.05, 0.1) is 24.1 Å². The van der Waals surface area contributed by atoms with E-state index in [1.165, 1.54) is 17.6 Å². The molecule has 0 saturated heterocycles. The SMILES string of the molecule is CCOC(=O)C1=C(COC(=O)c2cc(CC)c(C)s2)NC(=O)N[C@H]1c1ccco1. The van der Waals surface area contributed by atoms with E-state index in [4.69, 9.17) is 13.9 Å². The molecule has 2 N–H and O–H groups in total. The van der Waals surface area contributed by atoms with Crippen molar-refractivity contribution in [3.8, 4) is 0 Å². The molecule has 1 aliphatic rings. The van der Waals surface area contributed by atoms with Crippen LogP contribution in [-0.4, -0.2) is 31.2 Å². The molecule has 9 heteroatoms. The molecule has 0 fully saturated rings. The summed E-state index contributed by atoms with van der Waals surface area (Å²) in [5.41, 5.74) is 1.37. The zero-order valence-corrected chi connectivity index (χ0v) is 17.2. The van der Waals surface area contributed by atoms with Gasteiger partial charge in [-0.05, 0) is 44.0 Å². The molecule has 154 valence electrons. The van der Waals surface area contributed by atoms with Gasteiger partial charge < -0.3 is 24.5 Å². The lowest BCUT2D eigenvalue weighted by Crippen LogP contribution is -2.47. The van der Waals surface area contributed by atoms with Crippen molar-refractivity contribution in [3.63, 3.8) is 0 Å². The molecule has 0 aliphatic carbocycles. The quantitative estimate of drug-likeness (QED) is 0.669. The van der Waals surface area contributed by atoms with Crippen molar-refractivity contribution in [2.24, 2.45) is 0 Å². The fourth-order valence-electron chi connectivity index (χ4n) is 3.03. The normalized spacial score (nSPS) is 16.2. The number of rotatable bonds is 7. The van der Waals surface area contributed by atoms with Gasteiger partial charge in [0.1, 0.15) is 23.3 Å². The highest BCUT2D eigenvalue weighted by Crippen LogP contribution is 2.29. The summed E-state index contributed by atoms with van der Waals surface area (Å²) < 4.78 is 15.9. The van der Waals surface area contributed by atoms with E-state index in [9.17, 15) is 14.4 Å². The summed E-state index contributed by atoms with van der Waals surface area (Å²) in [5, 5.41) is 5.18. The fourth-order valence-corrected chi connectivity index (χ4v) is 4.04. The van der Waals surface area contributed by atoms with Gasteiger partial charge in [0.25, 0.3) is 0 Å². The number of amides is 2. The third-order valence-corrected chi connectivity index (χ3v) is 5.50. The molecule has 3 heterocycles. The number of carbonyl (C=O) groups excluding carboxylic acids is 3. The molecular weight excluding hydrogens is 396 g/mol. The molecule has 8 nitrogen and oxygen atoms in total. The number of thiophene rings is 1. The predicted molar refractivity (Wildman–Crippen MR) is 105 cm³/mol. The minimum Gasteiger partial charge on any atom is -0.467 e. The van der Waals surface area contributed by atoms with E-state index in [2.05, 4.69) is 10.6 Å². The van der Waals surface area contributed by atoms with Crippen LogP contribution in [0.25, 0.3) is 0 Å². The lowest BCUT2D eigenvalue weighted by Gasteiger charge is -2.27. The highest BCUT2D eigenvalue weighted by Gasteiger charge is 2.35. The molecule has 0 radical (unpaired) electrons. The van der Waals surface area contributed by atoms with Gasteiger partial charge in [-0.1, -0.05) is 6.92 Å². The van der Waals surface area contributed by atoms with E-state index in [0.29, 0.717) is 10.6 Å². The van der Waals surface area contributed by atoms with Gasteiger partial charge in [0, 0.05) is 4.88 Å². The third kappa shape index (κ3) is 4.51. The minimum atomic E-state index is -0.845. The van der Waals surface area contributed by atoms with Crippen LogP contribution >= 0.6 is 11.3 Å². The average molecular weight is 418 g/mol. The van der Waals surface area contributed by atoms with Crippen LogP contribution in [-0.2, 0) is 20.7 Å². The fraction of sp³-hybridized carbons (Fsp3) is 0.350. The first-order valence-corrected chi connectivity index (χ1v) is 10.0. The Morgan fingerprint density at radius 1 is 1.24 bits per heavy atom. The number of aryl methyl sites for hydroxylation is 2. The first-order chi connectivity index (χ1) is 13.9. The second kappa shape index (κ2) is 8.95. The Morgan fingerprint density at radius 3 is 2.66 bits per heavy atom. The summed E-state index contributed by atoms with van der Waals surface area (Å²) in [6, 6.07) is 3.71. The maximum absolute atomic E-state index is 12.6. The van der Waals surface area contributed by atoms with Crippen molar-refractivity contribution in [1.82, 2.24) is 10.6 Å². The van der Waals surface area contributed by atoms with Crippen LogP contribution in [0.15, 0.2) is 40.1 Å². The Balaban J connectivity index is 1.87. The minimum absolute atomic E-state index is 0.130. The molecule has 0 spiro atoms. The van der Waals surface area contributed by atoms with Gasteiger partial charge >= 0.3 is 18.0 Å². The summed E-state index contributed by atoms with van der Waals surface area (Å²) in [7, 11) is 0. The number of esters is 2. The van der Waals surface area contributed by atoms with Crippen LogP contribution in [0.4, 0.5) is 4.79 Å². The molecule has 0 saturated carbocycles. The van der Waals surface area contributed by atoms with Crippen molar-refractivity contribution in [1.29, 1.82) is 0 Å². The average Bonchev–Trinajstić information content (AvgIpc) is 3.35. The molecule has 2 amide bonds. The van der Waals surface area contributed by atoms with E-state index >= 15 is 0 Å². The molecule has 3 rings (SSSR count).